The van der Waals surface area contributed by atoms with Gasteiger partial charge in [0.15, 0.2) is 0 Å². The Morgan fingerprint density at radius 3 is 2.82 bits per heavy atom. The first-order valence-corrected chi connectivity index (χ1v) is 6.25. The molecule has 1 aromatic carbocycles. The lowest BCUT2D eigenvalue weighted by Crippen LogP contribution is -2.60. The summed E-state index contributed by atoms with van der Waals surface area (Å²) in [5, 5.41) is 10.8. The van der Waals surface area contributed by atoms with Crippen molar-refractivity contribution < 1.29 is 9.84 Å². The summed E-state index contributed by atoms with van der Waals surface area (Å²) < 4.78 is 5.90. The molecular formula is C14H15NO2. The zero-order valence-corrected chi connectivity index (χ0v) is 9.60. The maximum atomic E-state index is 10.8. The van der Waals surface area contributed by atoms with E-state index in [9.17, 15) is 5.11 Å². The molecule has 5 rings (SSSR count). The average Bonchev–Trinajstić information content (AvgIpc) is 2.37. The van der Waals surface area contributed by atoms with Crippen LogP contribution in [0.5, 0.6) is 5.75 Å². The second-order valence-electron chi connectivity index (χ2n) is 5.13. The minimum absolute atomic E-state index is 0.243. The van der Waals surface area contributed by atoms with Gasteiger partial charge in [-0.2, -0.15) is 0 Å². The van der Waals surface area contributed by atoms with Crippen molar-refractivity contribution in [3.8, 4) is 5.75 Å². The van der Waals surface area contributed by atoms with E-state index in [1.54, 1.807) is 0 Å². The smallest absolute Gasteiger partial charge is 0.252 e. The zero-order chi connectivity index (χ0) is 11.5. The Balaban J connectivity index is 1.90. The summed E-state index contributed by atoms with van der Waals surface area (Å²) >= 11 is 0. The summed E-state index contributed by atoms with van der Waals surface area (Å²) in [6, 6.07) is 7.91. The van der Waals surface area contributed by atoms with Crippen LogP contribution in [-0.2, 0) is 0 Å². The number of nitrogens with zero attached hydrogens (tertiary/aromatic N) is 1. The molecule has 2 bridgehead atoms. The van der Waals surface area contributed by atoms with Gasteiger partial charge in [0.1, 0.15) is 5.75 Å². The van der Waals surface area contributed by atoms with Gasteiger partial charge >= 0.3 is 0 Å². The second kappa shape index (κ2) is 3.05. The van der Waals surface area contributed by atoms with Crippen molar-refractivity contribution in [3.05, 3.63) is 35.5 Å². The SMILES string of the molecule is O[C@]12Oc3ccccc3C=C1N1CCC2CC1. The van der Waals surface area contributed by atoms with Gasteiger partial charge in [0.05, 0.1) is 5.70 Å². The number of hydrogen-bond acceptors (Lipinski definition) is 3. The topological polar surface area (TPSA) is 32.7 Å². The minimum Gasteiger partial charge on any atom is -0.456 e. The number of fused-ring (bicyclic) bond motifs is 3. The Morgan fingerprint density at radius 1 is 1.24 bits per heavy atom. The Morgan fingerprint density at radius 2 is 2.00 bits per heavy atom. The molecule has 3 saturated heterocycles. The third-order valence-electron chi connectivity index (χ3n) is 4.23. The largest absolute Gasteiger partial charge is 0.456 e. The van der Waals surface area contributed by atoms with E-state index in [2.05, 4.69) is 11.0 Å². The van der Waals surface area contributed by atoms with E-state index in [1.165, 1.54) is 0 Å². The first-order chi connectivity index (χ1) is 8.27. The van der Waals surface area contributed by atoms with Crippen LogP contribution in [0.15, 0.2) is 30.0 Å². The predicted octanol–water partition coefficient (Wildman–Crippen LogP) is 1.83. The molecule has 4 heterocycles. The van der Waals surface area contributed by atoms with Crippen molar-refractivity contribution in [3.63, 3.8) is 0 Å². The molecule has 0 radical (unpaired) electrons. The highest BCUT2D eigenvalue weighted by molar-refractivity contribution is 5.64. The normalized spacial score (nSPS) is 33.6. The fraction of sp³-hybridized carbons (Fsp3) is 0.429. The molecule has 0 amide bonds. The number of ether oxygens (including phenoxy) is 1. The first kappa shape index (κ1) is 9.54. The monoisotopic (exact) mass is 229 g/mol. The summed E-state index contributed by atoms with van der Waals surface area (Å²) in [4.78, 5) is 2.26. The van der Waals surface area contributed by atoms with E-state index in [0.29, 0.717) is 0 Å². The molecule has 3 fully saturated rings. The summed E-state index contributed by atoms with van der Waals surface area (Å²) in [5.74, 6) is -0.0372. The molecule has 4 aliphatic heterocycles. The van der Waals surface area contributed by atoms with Crippen molar-refractivity contribution >= 4 is 6.08 Å². The molecule has 0 aliphatic carbocycles. The Labute approximate surface area is 100 Å². The van der Waals surface area contributed by atoms with E-state index in [4.69, 9.17) is 4.74 Å². The standard InChI is InChI=1S/C14H15NO2/c16-14-11-5-7-15(8-6-11)13(14)9-10-3-1-2-4-12(10)17-14/h1-4,9,11,16H,5-8H2/t14-/m1/s1. The molecule has 1 N–H and O–H groups in total. The highest BCUT2D eigenvalue weighted by atomic mass is 16.6. The number of benzene rings is 1. The van der Waals surface area contributed by atoms with Crippen LogP contribution in [0.3, 0.4) is 0 Å². The van der Waals surface area contributed by atoms with Gasteiger partial charge in [-0.25, -0.2) is 0 Å². The predicted molar refractivity (Wildman–Crippen MR) is 64.3 cm³/mol. The number of aliphatic hydroxyl groups is 1. The van der Waals surface area contributed by atoms with Crippen LogP contribution in [0.1, 0.15) is 18.4 Å². The van der Waals surface area contributed by atoms with Crippen molar-refractivity contribution in [1.82, 2.24) is 4.90 Å². The highest BCUT2D eigenvalue weighted by Crippen LogP contribution is 2.47. The van der Waals surface area contributed by atoms with E-state index in [1.807, 2.05) is 24.3 Å². The summed E-state index contributed by atoms with van der Waals surface area (Å²) in [5.41, 5.74) is 2.03. The van der Waals surface area contributed by atoms with Crippen molar-refractivity contribution in [2.45, 2.75) is 18.6 Å². The van der Waals surface area contributed by atoms with Crippen molar-refractivity contribution in [2.24, 2.45) is 5.92 Å². The van der Waals surface area contributed by atoms with Gasteiger partial charge in [0, 0.05) is 24.6 Å². The van der Waals surface area contributed by atoms with Crippen LogP contribution in [0.4, 0.5) is 0 Å². The van der Waals surface area contributed by atoms with Gasteiger partial charge in [0.25, 0.3) is 5.79 Å². The molecule has 88 valence electrons. The molecule has 0 unspecified atom stereocenters. The zero-order valence-electron chi connectivity index (χ0n) is 9.60. The maximum Gasteiger partial charge on any atom is 0.252 e. The van der Waals surface area contributed by atoms with Gasteiger partial charge in [-0.15, -0.1) is 0 Å². The van der Waals surface area contributed by atoms with E-state index in [0.717, 1.165) is 42.9 Å². The van der Waals surface area contributed by atoms with Crippen LogP contribution in [0.25, 0.3) is 6.08 Å². The molecule has 0 spiro atoms. The molecule has 1 atom stereocenters. The highest BCUT2D eigenvalue weighted by Gasteiger charge is 2.53. The lowest BCUT2D eigenvalue weighted by atomic mass is 9.79. The van der Waals surface area contributed by atoms with Gasteiger partial charge in [-0.05, 0) is 25.0 Å². The van der Waals surface area contributed by atoms with E-state index < -0.39 is 5.79 Å². The molecule has 0 aromatic heterocycles. The number of piperidine rings is 3. The van der Waals surface area contributed by atoms with Crippen LogP contribution < -0.4 is 4.74 Å². The van der Waals surface area contributed by atoms with Crippen LogP contribution in [0, 0.1) is 5.92 Å². The van der Waals surface area contributed by atoms with Gasteiger partial charge in [-0.1, -0.05) is 18.2 Å². The van der Waals surface area contributed by atoms with Crippen LogP contribution >= 0.6 is 0 Å². The lowest BCUT2D eigenvalue weighted by Gasteiger charge is -2.53. The van der Waals surface area contributed by atoms with Crippen molar-refractivity contribution in [1.29, 1.82) is 0 Å². The summed E-state index contributed by atoms with van der Waals surface area (Å²) in [6.45, 7) is 2.09. The van der Waals surface area contributed by atoms with E-state index in [-0.39, 0.29) is 5.92 Å². The third-order valence-corrected chi connectivity index (χ3v) is 4.23. The third kappa shape index (κ3) is 1.15. The average molecular weight is 229 g/mol. The molecule has 1 aromatic rings. The minimum atomic E-state index is -1.08. The quantitative estimate of drug-likeness (QED) is 0.736. The molecule has 4 aliphatic rings. The number of hydrogen-bond donors (Lipinski definition) is 1. The molecule has 3 nitrogen and oxygen atoms in total. The lowest BCUT2D eigenvalue weighted by molar-refractivity contribution is -0.198. The van der Waals surface area contributed by atoms with Crippen LogP contribution in [-0.4, -0.2) is 28.9 Å². The first-order valence-electron chi connectivity index (χ1n) is 6.25. The molecule has 17 heavy (non-hydrogen) atoms. The van der Waals surface area contributed by atoms with E-state index >= 15 is 0 Å². The Kier molecular flexibility index (Phi) is 1.71. The van der Waals surface area contributed by atoms with Gasteiger partial charge < -0.3 is 14.7 Å². The number of para-hydroxylation sites is 1. The van der Waals surface area contributed by atoms with Gasteiger partial charge in [0.2, 0.25) is 0 Å². The molecular weight excluding hydrogens is 214 g/mol. The number of rotatable bonds is 0. The summed E-state index contributed by atoms with van der Waals surface area (Å²) in [7, 11) is 0. The Bertz CT molecular complexity index is 503. The fourth-order valence-corrected chi connectivity index (χ4v) is 3.29. The molecule has 0 saturated carbocycles. The maximum absolute atomic E-state index is 10.8. The van der Waals surface area contributed by atoms with Gasteiger partial charge in [-0.3, -0.25) is 0 Å². The second-order valence-corrected chi connectivity index (χ2v) is 5.13. The van der Waals surface area contributed by atoms with Crippen molar-refractivity contribution in [2.75, 3.05) is 13.1 Å². The molecule has 3 heteroatoms. The van der Waals surface area contributed by atoms with Crippen LogP contribution in [0.2, 0.25) is 0 Å². The fourth-order valence-electron chi connectivity index (χ4n) is 3.29. The summed E-state index contributed by atoms with van der Waals surface area (Å²) in [6.07, 6.45) is 4.14. The Hall–Kier alpha value is -1.48.